The smallest absolute Gasteiger partial charge is 0.253 e. The van der Waals surface area contributed by atoms with Gasteiger partial charge in [0.2, 0.25) is 5.91 Å². The molecule has 0 atom stereocenters. The summed E-state index contributed by atoms with van der Waals surface area (Å²) < 4.78 is 0. The normalized spacial score (nSPS) is 13.7. The quantitative estimate of drug-likeness (QED) is 0.720. The van der Waals surface area contributed by atoms with Crippen molar-refractivity contribution in [1.29, 1.82) is 0 Å². The topological polar surface area (TPSA) is 61.4 Å². The Morgan fingerprint density at radius 2 is 1.91 bits per heavy atom. The van der Waals surface area contributed by atoms with Crippen molar-refractivity contribution in [1.82, 2.24) is 10.6 Å². The van der Waals surface area contributed by atoms with Crippen LogP contribution in [0.15, 0.2) is 24.3 Å². The van der Waals surface area contributed by atoms with Gasteiger partial charge in [0.15, 0.2) is 0 Å². The van der Waals surface area contributed by atoms with Gasteiger partial charge in [-0.3, -0.25) is 9.59 Å². The predicted molar refractivity (Wildman–Crippen MR) is 88.1 cm³/mol. The van der Waals surface area contributed by atoms with Gasteiger partial charge in [-0.05, 0) is 37.9 Å². The molecule has 1 aliphatic rings. The molecule has 5 heteroatoms. The highest BCUT2D eigenvalue weighted by Gasteiger charge is 2.33. The third-order valence-corrected chi connectivity index (χ3v) is 3.78. The second kappa shape index (κ2) is 7.94. The lowest BCUT2D eigenvalue weighted by Crippen LogP contribution is -2.34. The summed E-state index contributed by atoms with van der Waals surface area (Å²) in [5.74, 6) is 0.105. The number of carbonyl (C=O) groups excluding carboxylic acids is 2. The van der Waals surface area contributed by atoms with Gasteiger partial charge in [0.25, 0.3) is 5.91 Å². The molecule has 0 aliphatic heterocycles. The SMILES string of the molecule is CCCNCCNC(=O)c1ccccc1N(C)C(=O)C1CC1. The Morgan fingerprint density at radius 3 is 2.59 bits per heavy atom. The number of rotatable bonds is 8. The van der Waals surface area contributed by atoms with E-state index in [0.29, 0.717) is 17.8 Å². The van der Waals surface area contributed by atoms with E-state index in [9.17, 15) is 9.59 Å². The number of nitrogens with one attached hydrogen (secondary N) is 2. The Morgan fingerprint density at radius 1 is 1.18 bits per heavy atom. The van der Waals surface area contributed by atoms with Gasteiger partial charge < -0.3 is 15.5 Å². The Kier molecular flexibility index (Phi) is 5.95. The lowest BCUT2D eigenvalue weighted by Gasteiger charge is -2.20. The van der Waals surface area contributed by atoms with E-state index in [-0.39, 0.29) is 17.7 Å². The van der Waals surface area contributed by atoms with Crippen LogP contribution in [-0.2, 0) is 4.79 Å². The number of amides is 2. The van der Waals surface area contributed by atoms with Crippen molar-refractivity contribution in [3.63, 3.8) is 0 Å². The maximum atomic E-state index is 12.3. The first-order valence-electron chi connectivity index (χ1n) is 8.00. The minimum Gasteiger partial charge on any atom is -0.351 e. The fraction of sp³-hybridized carbons (Fsp3) is 0.529. The summed E-state index contributed by atoms with van der Waals surface area (Å²) in [4.78, 5) is 26.1. The molecule has 0 bridgehead atoms. The molecular formula is C17H25N3O2. The van der Waals surface area contributed by atoms with E-state index in [1.165, 1.54) is 0 Å². The molecule has 5 nitrogen and oxygen atoms in total. The molecule has 120 valence electrons. The van der Waals surface area contributed by atoms with Gasteiger partial charge in [0, 0.05) is 26.1 Å². The summed E-state index contributed by atoms with van der Waals surface area (Å²) >= 11 is 0. The molecule has 1 aromatic rings. The summed E-state index contributed by atoms with van der Waals surface area (Å²) in [6, 6.07) is 7.26. The van der Waals surface area contributed by atoms with Crippen molar-refractivity contribution in [2.45, 2.75) is 26.2 Å². The number of hydrogen-bond donors (Lipinski definition) is 2. The van der Waals surface area contributed by atoms with E-state index in [0.717, 1.165) is 32.4 Å². The Hall–Kier alpha value is -1.88. The van der Waals surface area contributed by atoms with Gasteiger partial charge in [0.05, 0.1) is 11.3 Å². The van der Waals surface area contributed by atoms with Crippen LogP contribution in [0.1, 0.15) is 36.5 Å². The van der Waals surface area contributed by atoms with Crippen LogP contribution in [0, 0.1) is 5.92 Å². The van der Waals surface area contributed by atoms with Crippen LogP contribution in [0.4, 0.5) is 5.69 Å². The summed E-state index contributed by atoms with van der Waals surface area (Å²) in [6.45, 7) is 4.38. The predicted octanol–water partition coefficient (Wildman–Crippen LogP) is 1.79. The van der Waals surface area contributed by atoms with E-state index < -0.39 is 0 Å². The van der Waals surface area contributed by atoms with E-state index in [4.69, 9.17) is 0 Å². The third-order valence-electron chi connectivity index (χ3n) is 3.78. The van der Waals surface area contributed by atoms with Crippen molar-refractivity contribution < 1.29 is 9.59 Å². The number of nitrogens with zero attached hydrogens (tertiary/aromatic N) is 1. The van der Waals surface area contributed by atoms with Crippen LogP contribution < -0.4 is 15.5 Å². The fourth-order valence-corrected chi connectivity index (χ4v) is 2.34. The average Bonchev–Trinajstić information content (AvgIpc) is 3.38. The highest BCUT2D eigenvalue weighted by molar-refractivity contribution is 6.05. The summed E-state index contributed by atoms with van der Waals surface area (Å²) in [5, 5.41) is 6.14. The van der Waals surface area contributed by atoms with Crippen LogP contribution >= 0.6 is 0 Å². The monoisotopic (exact) mass is 303 g/mol. The average molecular weight is 303 g/mol. The zero-order valence-electron chi connectivity index (χ0n) is 13.4. The standard InChI is InChI=1S/C17H25N3O2/c1-3-10-18-11-12-19-16(21)14-6-4-5-7-15(14)20(2)17(22)13-8-9-13/h4-7,13,18H,3,8-12H2,1-2H3,(H,19,21). The van der Waals surface area contributed by atoms with Gasteiger partial charge in [-0.15, -0.1) is 0 Å². The zero-order chi connectivity index (χ0) is 15.9. The number of benzene rings is 1. The highest BCUT2D eigenvalue weighted by Crippen LogP contribution is 2.33. The Bertz CT molecular complexity index is 526. The minimum atomic E-state index is -0.135. The molecule has 2 N–H and O–H groups in total. The van der Waals surface area contributed by atoms with E-state index in [2.05, 4.69) is 17.6 Å². The first-order chi connectivity index (χ1) is 10.6. The number of carbonyl (C=O) groups is 2. The second-order valence-corrected chi connectivity index (χ2v) is 5.69. The molecule has 0 unspecified atom stereocenters. The van der Waals surface area contributed by atoms with Crippen molar-refractivity contribution in [3.8, 4) is 0 Å². The largest absolute Gasteiger partial charge is 0.351 e. The van der Waals surface area contributed by atoms with Crippen molar-refractivity contribution in [2.75, 3.05) is 31.6 Å². The van der Waals surface area contributed by atoms with Crippen LogP contribution in [0.2, 0.25) is 0 Å². The van der Waals surface area contributed by atoms with Crippen LogP contribution in [0.25, 0.3) is 0 Å². The Balaban J connectivity index is 1.97. The first-order valence-corrected chi connectivity index (χ1v) is 8.00. The van der Waals surface area contributed by atoms with Crippen molar-refractivity contribution in [3.05, 3.63) is 29.8 Å². The highest BCUT2D eigenvalue weighted by atomic mass is 16.2. The lowest BCUT2D eigenvalue weighted by atomic mass is 10.1. The van der Waals surface area contributed by atoms with Gasteiger partial charge in [-0.25, -0.2) is 0 Å². The number of hydrogen-bond acceptors (Lipinski definition) is 3. The molecule has 1 aromatic carbocycles. The van der Waals surface area contributed by atoms with Crippen molar-refractivity contribution >= 4 is 17.5 Å². The minimum absolute atomic E-state index is 0.102. The molecule has 2 rings (SSSR count). The molecule has 22 heavy (non-hydrogen) atoms. The molecule has 1 fully saturated rings. The maximum Gasteiger partial charge on any atom is 0.253 e. The molecule has 0 saturated heterocycles. The molecule has 1 saturated carbocycles. The van der Waals surface area contributed by atoms with Gasteiger partial charge in [-0.1, -0.05) is 19.1 Å². The maximum absolute atomic E-state index is 12.3. The number of anilines is 1. The second-order valence-electron chi connectivity index (χ2n) is 5.69. The zero-order valence-corrected chi connectivity index (χ0v) is 13.4. The fourth-order valence-electron chi connectivity index (χ4n) is 2.34. The first kappa shape index (κ1) is 16.5. The molecule has 0 aromatic heterocycles. The van der Waals surface area contributed by atoms with Crippen molar-refractivity contribution in [2.24, 2.45) is 5.92 Å². The third kappa shape index (κ3) is 4.31. The lowest BCUT2D eigenvalue weighted by molar-refractivity contribution is -0.119. The van der Waals surface area contributed by atoms with Crippen LogP contribution in [0.3, 0.4) is 0 Å². The molecular weight excluding hydrogens is 278 g/mol. The molecule has 0 heterocycles. The molecule has 2 amide bonds. The van der Waals surface area contributed by atoms with Crippen LogP contribution in [-0.4, -0.2) is 38.5 Å². The van der Waals surface area contributed by atoms with E-state index >= 15 is 0 Å². The Labute approximate surface area is 132 Å². The summed E-state index contributed by atoms with van der Waals surface area (Å²) in [5.41, 5.74) is 1.23. The van der Waals surface area contributed by atoms with E-state index in [1.54, 1.807) is 18.0 Å². The van der Waals surface area contributed by atoms with Gasteiger partial charge >= 0.3 is 0 Å². The van der Waals surface area contributed by atoms with Crippen LogP contribution in [0.5, 0.6) is 0 Å². The summed E-state index contributed by atoms with van der Waals surface area (Å²) in [6.07, 6.45) is 2.99. The number of para-hydroxylation sites is 1. The van der Waals surface area contributed by atoms with Gasteiger partial charge in [-0.2, -0.15) is 0 Å². The molecule has 1 aliphatic carbocycles. The molecule has 0 spiro atoms. The van der Waals surface area contributed by atoms with Gasteiger partial charge in [0.1, 0.15) is 0 Å². The summed E-state index contributed by atoms with van der Waals surface area (Å²) in [7, 11) is 1.75. The van der Waals surface area contributed by atoms with E-state index in [1.807, 2.05) is 18.2 Å². The molecule has 0 radical (unpaired) electrons.